The van der Waals surface area contributed by atoms with Crippen LogP contribution in [0.5, 0.6) is 0 Å². The van der Waals surface area contributed by atoms with Crippen molar-refractivity contribution < 1.29 is 9.90 Å². The third-order valence-corrected chi connectivity index (χ3v) is 5.48. The van der Waals surface area contributed by atoms with Crippen LogP contribution >= 0.6 is 0 Å². The van der Waals surface area contributed by atoms with E-state index in [1.807, 2.05) is 0 Å². The molecule has 0 saturated heterocycles. The Balaban J connectivity index is 0.000000136. The fourth-order valence-electron chi connectivity index (χ4n) is 4.38. The monoisotopic (exact) mass is 398 g/mol. The summed E-state index contributed by atoms with van der Waals surface area (Å²) in [7, 11) is 0. The summed E-state index contributed by atoms with van der Waals surface area (Å²) < 4.78 is 0. The van der Waals surface area contributed by atoms with Gasteiger partial charge in [0.15, 0.2) is 0 Å². The van der Waals surface area contributed by atoms with E-state index in [4.69, 9.17) is 9.90 Å². The van der Waals surface area contributed by atoms with Crippen molar-refractivity contribution in [2.75, 3.05) is 6.61 Å². The van der Waals surface area contributed by atoms with Gasteiger partial charge in [-0.15, -0.1) is 0 Å². The summed E-state index contributed by atoms with van der Waals surface area (Å²) >= 11 is 0. The Morgan fingerprint density at radius 3 is 1.13 bits per heavy atom. The molecule has 30 heavy (non-hydrogen) atoms. The van der Waals surface area contributed by atoms with Gasteiger partial charge >= 0.3 is 0 Å². The van der Waals surface area contributed by atoms with Crippen LogP contribution in [-0.4, -0.2) is 18.0 Å². The smallest absolute Gasteiger partial charge is 0.116 e. The standard InChI is InChI=1S/2C12H10.C2H6O.C2H4O/c2*1-3-9-4-2-6-11-8-7-10(5-1)12(9)11;2*1-2-3/h2*1-6H,7-8H2;3H,2H2,1H3;2H,1H3. The van der Waals surface area contributed by atoms with Gasteiger partial charge in [0, 0.05) is 6.61 Å². The molecule has 2 aliphatic rings. The minimum atomic E-state index is 0.250. The molecular formula is C28H30O2. The van der Waals surface area contributed by atoms with Crippen molar-refractivity contribution in [2.45, 2.75) is 39.5 Å². The van der Waals surface area contributed by atoms with Crippen LogP contribution < -0.4 is 0 Å². The lowest BCUT2D eigenvalue weighted by Crippen LogP contribution is -1.76. The first kappa shape index (κ1) is 21.7. The van der Waals surface area contributed by atoms with Gasteiger partial charge in [0.05, 0.1) is 0 Å². The van der Waals surface area contributed by atoms with E-state index in [-0.39, 0.29) is 6.61 Å². The largest absolute Gasteiger partial charge is 0.397 e. The molecule has 0 spiro atoms. The van der Waals surface area contributed by atoms with Gasteiger partial charge in [-0.2, -0.15) is 0 Å². The van der Waals surface area contributed by atoms with E-state index in [1.54, 1.807) is 6.92 Å². The third kappa shape index (κ3) is 4.77. The van der Waals surface area contributed by atoms with Gasteiger partial charge in [0.2, 0.25) is 0 Å². The molecule has 0 aromatic heterocycles. The summed E-state index contributed by atoms with van der Waals surface area (Å²) in [6.45, 7) is 3.38. The van der Waals surface area contributed by atoms with Crippen LogP contribution in [0.4, 0.5) is 0 Å². The molecule has 0 saturated carbocycles. The third-order valence-electron chi connectivity index (χ3n) is 5.48. The second kappa shape index (κ2) is 10.7. The van der Waals surface area contributed by atoms with Crippen LogP contribution in [0, 0.1) is 0 Å². The molecule has 6 rings (SSSR count). The molecule has 0 unspecified atom stereocenters. The van der Waals surface area contributed by atoms with Gasteiger partial charge in [0.1, 0.15) is 6.29 Å². The Bertz CT molecular complexity index is 963. The van der Waals surface area contributed by atoms with Gasteiger partial charge in [-0.05, 0) is 83.3 Å². The van der Waals surface area contributed by atoms with Crippen LogP contribution in [-0.2, 0) is 30.5 Å². The highest BCUT2D eigenvalue weighted by atomic mass is 16.2. The zero-order chi connectivity index (χ0) is 21.3. The number of hydrogen-bond donors (Lipinski definition) is 1. The predicted molar refractivity (Wildman–Crippen MR) is 127 cm³/mol. The first-order chi connectivity index (χ1) is 14.7. The van der Waals surface area contributed by atoms with Gasteiger partial charge in [-0.25, -0.2) is 0 Å². The lowest BCUT2D eigenvalue weighted by atomic mass is 10.1. The predicted octanol–water partition coefficient (Wildman–Crippen LogP) is 6.08. The zero-order valence-corrected chi connectivity index (χ0v) is 17.9. The number of benzene rings is 4. The Hall–Kier alpha value is -2.97. The van der Waals surface area contributed by atoms with E-state index in [0.717, 1.165) is 6.29 Å². The van der Waals surface area contributed by atoms with E-state index in [2.05, 4.69) is 72.8 Å². The van der Waals surface area contributed by atoms with Crippen molar-refractivity contribution in [1.82, 2.24) is 0 Å². The first-order valence-corrected chi connectivity index (χ1v) is 10.7. The number of hydrogen-bond acceptors (Lipinski definition) is 2. The molecule has 4 aromatic rings. The van der Waals surface area contributed by atoms with Crippen LogP contribution in [0.3, 0.4) is 0 Å². The van der Waals surface area contributed by atoms with Crippen LogP contribution in [0.1, 0.15) is 36.1 Å². The zero-order valence-electron chi connectivity index (χ0n) is 17.9. The van der Waals surface area contributed by atoms with Gasteiger partial charge in [-0.1, -0.05) is 72.8 Å². The molecule has 0 aliphatic heterocycles. The molecule has 0 fully saturated rings. The van der Waals surface area contributed by atoms with E-state index < -0.39 is 0 Å². The van der Waals surface area contributed by atoms with Crippen molar-refractivity contribution >= 4 is 27.8 Å². The molecule has 2 aliphatic carbocycles. The summed E-state index contributed by atoms with van der Waals surface area (Å²) in [5, 5.41) is 13.4. The molecule has 4 aromatic carbocycles. The maximum atomic E-state index is 8.81. The molecule has 2 nitrogen and oxygen atoms in total. The Labute approximate surface area is 179 Å². The molecule has 154 valence electrons. The Kier molecular flexibility index (Phi) is 7.75. The van der Waals surface area contributed by atoms with Crippen molar-refractivity contribution in [1.29, 1.82) is 0 Å². The second-order valence-electron chi connectivity index (χ2n) is 7.42. The number of aldehydes is 1. The summed E-state index contributed by atoms with van der Waals surface area (Å²) in [5.74, 6) is 0. The van der Waals surface area contributed by atoms with Crippen molar-refractivity contribution in [3.05, 3.63) is 95.1 Å². The normalized spacial score (nSPS) is 12.2. The maximum absolute atomic E-state index is 8.81. The molecule has 0 bridgehead atoms. The van der Waals surface area contributed by atoms with Gasteiger partial charge in [-0.3, -0.25) is 0 Å². The van der Waals surface area contributed by atoms with Crippen LogP contribution in [0.25, 0.3) is 21.5 Å². The number of aliphatic hydroxyl groups excluding tert-OH is 1. The number of carbonyl (C=O) groups excluding carboxylic acids is 1. The number of rotatable bonds is 0. The second-order valence-corrected chi connectivity index (χ2v) is 7.42. The summed E-state index contributed by atoms with van der Waals surface area (Å²) in [4.78, 5) is 8.81. The van der Waals surface area contributed by atoms with Crippen LogP contribution in [0.15, 0.2) is 72.8 Å². The fraction of sp³-hybridized carbons (Fsp3) is 0.250. The van der Waals surface area contributed by atoms with E-state index in [9.17, 15) is 0 Å². The first-order valence-electron chi connectivity index (χ1n) is 10.7. The van der Waals surface area contributed by atoms with Gasteiger partial charge in [0.25, 0.3) is 0 Å². The molecule has 1 N–H and O–H groups in total. The van der Waals surface area contributed by atoms with Crippen molar-refractivity contribution in [3.63, 3.8) is 0 Å². The number of aliphatic hydroxyl groups is 1. The highest BCUT2D eigenvalue weighted by Gasteiger charge is 2.12. The highest BCUT2D eigenvalue weighted by Crippen LogP contribution is 2.30. The summed E-state index contributed by atoms with van der Waals surface area (Å²) in [5.41, 5.74) is 6.12. The highest BCUT2D eigenvalue weighted by molar-refractivity contribution is 5.91. The Morgan fingerprint density at radius 1 is 0.667 bits per heavy atom. The molecule has 0 heterocycles. The molecule has 0 radical (unpaired) electrons. The maximum Gasteiger partial charge on any atom is 0.116 e. The minimum absolute atomic E-state index is 0.250. The lowest BCUT2D eigenvalue weighted by molar-refractivity contribution is -0.106. The summed E-state index contributed by atoms with van der Waals surface area (Å²) in [6.07, 6.45) is 5.68. The Morgan fingerprint density at radius 2 is 0.900 bits per heavy atom. The fourth-order valence-corrected chi connectivity index (χ4v) is 4.38. The molecule has 0 atom stereocenters. The van der Waals surface area contributed by atoms with Crippen LogP contribution in [0.2, 0.25) is 0 Å². The SMILES string of the molecule is CC=O.CCO.c1cc2c3c(cccc3c1)CC2.c1cc2c3c(cccc3c1)CC2. The van der Waals surface area contributed by atoms with E-state index in [0.29, 0.717) is 0 Å². The quantitative estimate of drug-likeness (QED) is 0.364. The topological polar surface area (TPSA) is 37.3 Å². The van der Waals surface area contributed by atoms with Gasteiger partial charge < -0.3 is 9.90 Å². The average molecular weight is 399 g/mol. The average Bonchev–Trinajstić information content (AvgIpc) is 3.38. The molecular weight excluding hydrogens is 368 g/mol. The lowest BCUT2D eigenvalue weighted by Gasteiger charge is -1.99. The van der Waals surface area contributed by atoms with Crippen molar-refractivity contribution in [2.24, 2.45) is 0 Å². The number of aryl methyl sites for hydroxylation is 4. The molecule has 0 amide bonds. The number of carbonyl (C=O) groups is 1. The van der Waals surface area contributed by atoms with E-state index in [1.165, 1.54) is 76.4 Å². The minimum Gasteiger partial charge on any atom is -0.397 e. The molecule has 2 heteroatoms. The van der Waals surface area contributed by atoms with Crippen molar-refractivity contribution in [3.8, 4) is 0 Å². The van der Waals surface area contributed by atoms with E-state index >= 15 is 0 Å². The summed E-state index contributed by atoms with van der Waals surface area (Å²) in [6, 6.07) is 26.4.